The third-order valence-corrected chi connectivity index (χ3v) is 3.37. The highest BCUT2D eigenvalue weighted by Crippen LogP contribution is 2.28. The van der Waals surface area contributed by atoms with Gasteiger partial charge in [0.1, 0.15) is 0 Å². The van der Waals surface area contributed by atoms with E-state index in [4.69, 9.17) is 5.11 Å². The summed E-state index contributed by atoms with van der Waals surface area (Å²) in [4.78, 5) is 12.9. The third-order valence-electron chi connectivity index (χ3n) is 2.88. The van der Waals surface area contributed by atoms with Gasteiger partial charge >= 0.3 is 5.97 Å². The molecule has 0 spiro atoms. The van der Waals surface area contributed by atoms with E-state index in [9.17, 15) is 4.79 Å². The fourth-order valence-corrected chi connectivity index (χ4v) is 2.54. The van der Waals surface area contributed by atoms with Crippen molar-refractivity contribution >= 4 is 27.6 Å². The first-order valence-corrected chi connectivity index (χ1v) is 6.70. The van der Waals surface area contributed by atoms with Gasteiger partial charge in [0.15, 0.2) is 0 Å². The van der Waals surface area contributed by atoms with Crippen molar-refractivity contribution < 1.29 is 9.90 Å². The number of nitrogens with zero attached hydrogens (tertiary/aromatic N) is 1. The predicted molar refractivity (Wildman–Crippen MR) is 78.2 cm³/mol. The number of rotatable bonds is 5. The van der Waals surface area contributed by atoms with Gasteiger partial charge in [-0.05, 0) is 30.0 Å². The Morgan fingerprint density at radius 1 is 1.44 bits per heavy atom. The zero-order valence-corrected chi connectivity index (χ0v) is 12.9. The lowest BCUT2D eigenvalue weighted by atomic mass is 9.88. The molecule has 0 aromatic heterocycles. The molecule has 0 fully saturated rings. The largest absolute Gasteiger partial charge is 0.481 e. The van der Waals surface area contributed by atoms with Crippen LogP contribution in [0.5, 0.6) is 0 Å². The summed E-state index contributed by atoms with van der Waals surface area (Å²) in [6.07, 6.45) is 0.171. The summed E-state index contributed by atoms with van der Waals surface area (Å²) in [6.45, 7) is 6.72. The maximum absolute atomic E-state index is 10.8. The Bertz CT molecular complexity index is 443. The van der Waals surface area contributed by atoms with E-state index in [0.717, 1.165) is 10.2 Å². The maximum atomic E-state index is 10.8. The average molecular weight is 314 g/mol. The van der Waals surface area contributed by atoms with E-state index in [0.29, 0.717) is 6.54 Å². The molecule has 0 radical (unpaired) electrons. The molecule has 0 aliphatic carbocycles. The molecule has 0 amide bonds. The molecule has 1 aromatic carbocycles. The van der Waals surface area contributed by atoms with Gasteiger partial charge in [-0.25, -0.2) is 0 Å². The molecule has 0 bridgehead atoms. The summed E-state index contributed by atoms with van der Waals surface area (Å²) < 4.78 is 1.03. The molecule has 0 saturated heterocycles. The zero-order chi connectivity index (χ0) is 13.9. The van der Waals surface area contributed by atoms with Crippen molar-refractivity contribution in [2.45, 2.75) is 27.2 Å². The van der Waals surface area contributed by atoms with Crippen LogP contribution >= 0.6 is 15.9 Å². The molecule has 0 aliphatic rings. The molecule has 0 saturated carbocycles. The second kappa shape index (κ2) is 5.74. The van der Waals surface area contributed by atoms with Gasteiger partial charge in [0, 0.05) is 23.8 Å². The first kappa shape index (κ1) is 15.0. The number of carboxylic acid groups (broad SMARTS) is 1. The number of carboxylic acids is 1. The normalized spacial score (nSPS) is 11.4. The fraction of sp³-hybridized carbons (Fsp3) is 0.500. The van der Waals surface area contributed by atoms with E-state index in [1.165, 1.54) is 5.56 Å². The van der Waals surface area contributed by atoms with E-state index < -0.39 is 5.97 Å². The van der Waals surface area contributed by atoms with E-state index in [2.05, 4.69) is 39.9 Å². The van der Waals surface area contributed by atoms with Gasteiger partial charge in [-0.2, -0.15) is 0 Å². The van der Waals surface area contributed by atoms with Crippen molar-refractivity contribution in [2.24, 2.45) is 5.41 Å². The summed E-state index contributed by atoms with van der Waals surface area (Å²) >= 11 is 3.46. The van der Waals surface area contributed by atoms with E-state index in [1.54, 1.807) is 0 Å². The molecular weight excluding hydrogens is 294 g/mol. The summed E-state index contributed by atoms with van der Waals surface area (Å²) in [5.74, 6) is -0.751. The Morgan fingerprint density at radius 3 is 2.61 bits per heavy atom. The van der Waals surface area contributed by atoms with Crippen LogP contribution in [0.3, 0.4) is 0 Å². The van der Waals surface area contributed by atoms with Crippen LogP contribution in [0.25, 0.3) is 0 Å². The van der Waals surface area contributed by atoms with Gasteiger partial charge in [0.2, 0.25) is 0 Å². The Kier molecular flexibility index (Phi) is 4.79. The van der Waals surface area contributed by atoms with Crippen molar-refractivity contribution in [1.29, 1.82) is 0 Å². The molecule has 1 aromatic rings. The lowest BCUT2D eigenvalue weighted by Crippen LogP contribution is -2.33. The van der Waals surface area contributed by atoms with Crippen molar-refractivity contribution in [1.82, 2.24) is 0 Å². The van der Waals surface area contributed by atoms with Gasteiger partial charge in [-0.3, -0.25) is 4.79 Å². The first-order chi connectivity index (χ1) is 8.21. The van der Waals surface area contributed by atoms with Crippen molar-refractivity contribution in [3.05, 3.63) is 28.2 Å². The molecule has 0 aliphatic heterocycles. The second-order valence-electron chi connectivity index (χ2n) is 5.52. The number of aryl methyl sites for hydroxylation is 1. The van der Waals surface area contributed by atoms with Crippen molar-refractivity contribution in [3.8, 4) is 0 Å². The number of aliphatic carboxylic acids is 1. The molecule has 0 unspecified atom stereocenters. The number of carbonyl (C=O) groups is 1. The molecule has 0 heterocycles. The summed E-state index contributed by atoms with van der Waals surface area (Å²) in [5.41, 5.74) is 2.06. The van der Waals surface area contributed by atoms with Crippen LogP contribution in [-0.4, -0.2) is 24.7 Å². The maximum Gasteiger partial charge on any atom is 0.303 e. The molecule has 100 valence electrons. The van der Waals surface area contributed by atoms with Crippen LogP contribution in [0.2, 0.25) is 0 Å². The van der Waals surface area contributed by atoms with Crippen LogP contribution in [0.1, 0.15) is 25.8 Å². The highest BCUT2D eigenvalue weighted by molar-refractivity contribution is 9.10. The Labute approximate surface area is 117 Å². The molecule has 1 N–H and O–H groups in total. The van der Waals surface area contributed by atoms with Gasteiger partial charge in [-0.15, -0.1) is 0 Å². The minimum atomic E-state index is -0.751. The summed E-state index contributed by atoms with van der Waals surface area (Å²) in [5, 5.41) is 8.91. The minimum absolute atomic E-state index is 0.171. The highest BCUT2D eigenvalue weighted by Gasteiger charge is 2.24. The third kappa shape index (κ3) is 4.33. The topological polar surface area (TPSA) is 40.5 Å². The summed E-state index contributed by atoms with van der Waals surface area (Å²) in [7, 11) is 2.00. The number of anilines is 1. The molecule has 1 rings (SSSR count). The monoisotopic (exact) mass is 313 g/mol. The Balaban J connectivity index is 2.84. The van der Waals surface area contributed by atoms with Gasteiger partial charge in [-0.1, -0.05) is 35.8 Å². The highest BCUT2D eigenvalue weighted by atomic mass is 79.9. The number of hydrogen-bond donors (Lipinski definition) is 1. The Hall–Kier alpha value is -1.03. The Morgan fingerprint density at radius 2 is 2.06 bits per heavy atom. The van der Waals surface area contributed by atoms with Crippen molar-refractivity contribution in [2.75, 3.05) is 18.5 Å². The van der Waals surface area contributed by atoms with Gasteiger partial charge in [0.25, 0.3) is 0 Å². The number of hydrogen-bond acceptors (Lipinski definition) is 2. The lowest BCUT2D eigenvalue weighted by molar-refractivity contribution is -0.139. The quantitative estimate of drug-likeness (QED) is 0.901. The second-order valence-corrected chi connectivity index (χ2v) is 6.44. The standard InChI is InChI=1S/C14H20BrNO2/c1-10-5-6-11(15)7-12(10)16(4)9-14(2,3)8-13(17)18/h5-7H,8-9H2,1-4H3,(H,17,18). The van der Waals surface area contributed by atoms with Gasteiger partial charge < -0.3 is 10.0 Å². The van der Waals surface area contributed by atoms with Crippen molar-refractivity contribution in [3.63, 3.8) is 0 Å². The molecule has 4 heteroatoms. The van der Waals surface area contributed by atoms with Crippen LogP contribution in [0.4, 0.5) is 5.69 Å². The molecule has 18 heavy (non-hydrogen) atoms. The average Bonchev–Trinajstić information content (AvgIpc) is 2.18. The zero-order valence-electron chi connectivity index (χ0n) is 11.3. The van der Waals surface area contributed by atoms with Crippen LogP contribution in [-0.2, 0) is 4.79 Å². The lowest BCUT2D eigenvalue weighted by Gasteiger charge is -2.31. The smallest absolute Gasteiger partial charge is 0.303 e. The van der Waals surface area contributed by atoms with E-state index in [1.807, 2.05) is 27.0 Å². The van der Waals surface area contributed by atoms with Crippen LogP contribution in [0, 0.1) is 12.3 Å². The van der Waals surface area contributed by atoms with Gasteiger partial charge in [0.05, 0.1) is 6.42 Å². The van der Waals surface area contributed by atoms with Crippen LogP contribution < -0.4 is 4.90 Å². The molecular formula is C14H20BrNO2. The van der Waals surface area contributed by atoms with E-state index >= 15 is 0 Å². The fourth-order valence-electron chi connectivity index (χ4n) is 2.19. The summed E-state index contributed by atoms with van der Waals surface area (Å²) in [6, 6.07) is 6.13. The number of halogens is 1. The van der Waals surface area contributed by atoms with Crippen LogP contribution in [0.15, 0.2) is 22.7 Å². The molecule has 3 nitrogen and oxygen atoms in total. The predicted octanol–water partition coefficient (Wildman–Crippen LogP) is 3.69. The number of benzene rings is 1. The first-order valence-electron chi connectivity index (χ1n) is 5.90. The van der Waals surface area contributed by atoms with E-state index in [-0.39, 0.29) is 11.8 Å². The minimum Gasteiger partial charge on any atom is -0.481 e. The molecule has 0 atom stereocenters. The SMILES string of the molecule is Cc1ccc(Br)cc1N(C)CC(C)(C)CC(=O)O.